The van der Waals surface area contributed by atoms with E-state index in [1.807, 2.05) is 6.92 Å². The molecule has 35 heavy (non-hydrogen) atoms. The predicted molar refractivity (Wildman–Crippen MR) is 128 cm³/mol. The van der Waals surface area contributed by atoms with Crippen LogP contribution in [0.3, 0.4) is 0 Å². The van der Waals surface area contributed by atoms with E-state index in [2.05, 4.69) is 5.32 Å². The van der Waals surface area contributed by atoms with Crippen molar-refractivity contribution in [3.8, 4) is 0 Å². The van der Waals surface area contributed by atoms with Crippen molar-refractivity contribution in [3.05, 3.63) is 64.7 Å². The van der Waals surface area contributed by atoms with Crippen molar-refractivity contribution < 1.29 is 31.2 Å². The minimum Gasteiger partial charge on any atom is -0.354 e. The van der Waals surface area contributed by atoms with Crippen LogP contribution in [0.5, 0.6) is 0 Å². The molecule has 0 saturated heterocycles. The van der Waals surface area contributed by atoms with Crippen LogP contribution < -0.4 is 9.62 Å². The molecule has 0 spiro atoms. The number of alkyl halides is 3. The zero-order valence-electron chi connectivity index (χ0n) is 19.5. The van der Waals surface area contributed by atoms with Gasteiger partial charge in [0.2, 0.25) is 21.8 Å². The number of sulfonamides is 1. The normalized spacial score (nSPS) is 12.7. The molecule has 0 fully saturated rings. The average Bonchev–Trinajstić information content (AvgIpc) is 2.78. The molecule has 0 radical (unpaired) electrons. The lowest BCUT2D eigenvalue weighted by atomic mass is 10.1. The average molecular weight is 534 g/mol. The zero-order chi connectivity index (χ0) is 26.4. The van der Waals surface area contributed by atoms with E-state index in [0.717, 1.165) is 23.3 Å². The summed E-state index contributed by atoms with van der Waals surface area (Å²) in [6.07, 6.45) is -3.25. The van der Waals surface area contributed by atoms with E-state index in [0.29, 0.717) is 33.9 Å². The highest BCUT2D eigenvalue weighted by Crippen LogP contribution is 2.32. The lowest BCUT2D eigenvalue weighted by Crippen LogP contribution is -2.51. The van der Waals surface area contributed by atoms with E-state index < -0.39 is 46.2 Å². The SMILES string of the molecule is CCCNC(=O)C(C)N(Cc1ccccc1Cl)C(=O)CN(c1cccc(C(F)(F)F)c1)S(C)(=O)=O. The Morgan fingerprint density at radius 1 is 1.11 bits per heavy atom. The van der Waals surface area contributed by atoms with Gasteiger partial charge in [0.15, 0.2) is 0 Å². The number of carbonyl (C=O) groups is 2. The fourth-order valence-electron chi connectivity index (χ4n) is 3.24. The first-order valence-electron chi connectivity index (χ1n) is 10.7. The Hall–Kier alpha value is -2.79. The molecule has 1 atom stereocenters. The molecule has 0 saturated carbocycles. The predicted octanol–water partition coefficient (Wildman–Crippen LogP) is 4.07. The van der Waals surface area contributed by atoms with Crippen LogP contribution in [-0.4, -0.2) is 50.5 Å². The monoisotopic (exact) mass is 533 g/mol. The number of carbonyl (C=O) groups excluding carboxylic acids is 2. The number of hydrogen-bond acceptors (Lipinski definition) is 4. The topological polar surface area (TPSA) is 86.8 Å². The summed E-state index contributed by atoms with van der Waals surface area (Å²) in [7, 11) is -4.16. The number of halogens is 4. The van der Waals surface area contributed by atoms with Crippen molar-refractivity contribution in [2.24, 2.45) is 0 Å². The summed E-state index contributed by atoms with van der Waals surface area (Å²) in [6, 6.07) is 9.31. The molecule has 0 aliphatic carbocycles. The van der Waals surface area contributed by atoms with Gasteiger partial charge in [0.05, 0.1) is 17.5 Å². The molecule has 2 aromatic rings. The number of benzene rings is 2. The Bertz CT molecular complexity index is 1160. The van der Waals surface area contributed by atoms with E-state index in [1.54, 1.807) is 24.3 Å². The summed E-state index contributed by atoms with van der Waals surface area (Å²) in [5.74, 6) is -1.25. The highest BCUT2D eigenvalue weighted by Gasteiger charge is 2.33. The van der Waals surface area contributed by atoms with Gasteiger partial charge in [-0.25, -0.2) is 8.42 Å². The third-order valence-corrected chi connectivity index (χ3v) is 6.67. The van der Waals surface area contributed by atoms with Crippen molar-refractivity contribution in [2.75, 3.05) is 23.7 Å². The zero-order valence-corrected chi connectivity index (χ0v) is 21.0. The van der Waals surface area contributed by atoms with E-state index >= 15 is 0 Å². The molecule has 1 N–H and O–H groups in total. The first-order valence-corrected chi connectivity index (χ1v) is 12.9. The number of amides is 2. The van der Waals surface area contributed by atoms with E-state index in [-0.39, 0.29) is 12.2 Å². The number of anilines is 1. The molecule has 12 heteroatoms. The quantitative estimate of drug-likeness (QED) is 0.499. The first kappa shape index (κ1) is 28.4. The Balaban J connectivity index is 2.44. The van der Waals surface area contributed by atoms with Crippen molar-refractivity contribution in [3.63, 3.8) is 0 Å². The number of nitrogens with zero attached hydrogens (tertiary/aromatic N) is 2. The Kier molecular flexibility index (Phi) is 9.56. The fraction of sp³-hybridized carbons (Fsp3) is 0.391. The van der Waals surface area contributed by atoms with Gasteiger partial charge in [-0.2, -0.15) is 13.2 Å². The van der Waals surface area contributed by atoms with Crippen molar-refractivity contribution in [1.82, 2.24) is 10.2 Å². The summed E-state index contributed by atoms with van der Waals surface area (Å²) in [5.41, 5.74) is -0.865. The van der Waals surface area contributed by atoms with E-state index in [1.165, 1.54) is 13.0 Å². The van der Waals surface area contributed by atoms with E-state index in [9.17, 15) is 31.2 Å². The van der Waals surface area contributed by atoms with Crippen LogP contribution in [0.1, 0.15) is 31.4 Å². The Labute approximate surface area is 207 Å². The Morgan fingerprint density at radius 3 is 2.34 bits per heavy atom. The van der Waals surface area contributed by atoms with Gasteiger partial charge in [-0.05, 0) is 43.2 Å². The van der Waals surface area contributed by atoms with Gasteiger partial charge in [-0.1, -0.05) is 42.8 Å². The third-order valence-electron chi connectivity index (χ3n) is 5.16. The van der Waals surface area contributed by atoms with Crippen molar-refractivity contribution in [1.29, 1.82) is 0 Å². The highest BCUT2D eigenvalue weighted by molar-refractivity contribution is 7.92. The second-order valence-corrected chi connectivity index (χ2v) is 10.2. The molecule has 1 unspecified atom stereocenters. The molecular formula is C23H27ClF3N3O4S. The van der Waals surface area contributed by atoms with Crippen LogP contribution in [0, 0.1) is 0 Å². The van der Waals surface area contributed by atoms with Crippen LogP contribution in [0.2, 0.25) is 5.02 Å². The summed E-state index contributed by atoms with van der Waals surface area (Å²) < 4.78 is 65.1. The minimum atomic E-state index is -4.70. The van der Waals surface area contributed by atoms with Gasteiger partial charge in [0.1, 0.15) is 12.6 Å². The molecule has 0 bridgehead atoms. The van der Waals surface area contributed by atoms with Crippen LogP contribution >= 0.6 is 11.6 Å². The van der Waals surface area contributed by atoms with Crippen molar-refractivity contribution >= 4 is 39.1 Å². The first-order chi connectivity index (χ1) is 16.3. The molecule has 2 rings (SSSR count). The number of hydrogen-bond donors (Lipinski definition) is 1. The fourth-order valence-corrected chi connectivity index (χ4v) is 4.28. The van der Waals surface area contributed by atoms with Gasteiger partial charge in [0.25, 0.3) is 0 Å². The summed E-state index contributed by atoms with van der Waals surface area (Å²) >= 11 is 6.22. The molecule has 0 aliphatic heterocycles. The third kappa shape index (κ3) is 7.86. The second kappa shape index (κ2) is 11.8. The van der Waals surface area contributed by atoms with Gasteiger partial charge in [0, 0.05) is 18.1 Å². The smallest absolute Gasteiger partial charge is 0.354 e. The molecule has 2 amide bonds. The molecule has 192 valence electrons. The van der Waals surface area contributed by atoms with Crippen LogP contribution in [0.15, 0.2) is 48.5 Å². The van der Waals surface area contributed by atoms with Gasteiger partial charge in [-0.15, -0.1) is 0 Å². The highest BCUT2D eigenvalue weighted by atomic mass is 35.5. The molecule has 0 aromatic heterocycles. The standard InChI is InChI=1S/C23H27ClF3N3O4S/c1-4-12-28-22(32)16(2)29(14-17-8-5-6-11-20(17)24)21(31)15-30(35(3,33)34)19-10-7-9-18(13-19)23(25,26)27/h5-11,13,16H,4,12,14-15H2,1-3H3,(H,28,32). The summed E-state index contributed by atoms with van der Waals surface area (Å²) in [4.78, 5) is 27.2. The minimum absolute atomic E-state index is 0.112. The molecule has 2 aromatic carbocycles. The van der Waals surface area contributed by atoms with E-state index in [4.69, 9.17) is 11.6 Å². The number of rotatable bonds is 10. The van der Waals surface area contributed by atoms with Crippen LogP contribution in [0.4, 0.5) is 18.9 Å². The van der Waals surface area contributed by atoms with Gasteiger partial charge in [-0.3, -0.25) is 13.9 Å². The lowest BCUT2D eigenvalue weighted by Gasteiger charge is -2.31. The van der Waals surface area contributed by atoms with Gasteiger partial charge >= 0.3 is 6.18 Å². The number of nitrogens with one attached hydrogen (secondary N) is 1. The van der Waals surface area contributed by atoms with Crippen molar-refractivity contribution in [2.45, 2.75) is 39.0 Å². The lowest BCUT2D eigenvalue weighted by molar-refractivity contribution is -0.139. The Morgan fingerprint density at radius 2 is 1.77 bits per heavy atom. The summed E-state index contributed by atoms with van der Waals surface area (Å²) in [5, 5.41) is 3.02. The molecule has 0 heterocycles. The molecular weight excluding hydrogens is 507 g/mol. The second-order valence-electron chi connectivity index (χ2n) is 7.90. The van der Waals surface area contributed by atoms with Crippen LogP contribution in [0.25, 0.3) is 0 Å². The molecule has 0 aliphatic rings. The maximum Gasteiger partial charge on any atom is 0.416 e. The van der Waals surface area contributed by atoms with Gasteiger partial charge < -0.3 is 10.2 Å². The molecule has 7 nitrogen and oxygen atoms in total. The maximum atomic E-state index is 13.4. The largest absolute Gasteiger partial charge is 0.416 e. The summed E-state index contributed by atoms with van der Waals surface area (Å²) in [6.45, 7) is 2.79. The van der Waals surface area contributed by atoms with Crippen LogP contribution in [-0.2, 0) is 32.3 Å². The maximum absolute atomic E-state index is 13.4.